The van der Waals surface area contributed by atoms with Crippen LogP contribution in [0.3, 0.4) is 0 Å². The third kappa shape index (κ3) is 2.80. The van der Waals surface area contributed by atoms with Crippen LogP contribution in [-0.4, -0.2) is 22.3 Å². The van der Waals surface area contributed by atoms with Crippen molar-refractivity contribution in [3.63, 3.8) is 0 Å². The van der Waals surface area contributed by atoms with E-state index in [0.29, 0.717) is 6.42 Å². The Kier molecular flexibility index (Phi) is 3.25. The number of carbonyl (C=O) groups is 1. The smallest absolute Gasteiger partial charge is 0.448 e. The molecule has 1 heterocycles. The van der Waals surface area contributed by atoms with Gasteiger partial charge in [0.1, 0.15) is 0 Å². The Morgan fingerprint density at radius 3 is 2.64 bits per heavy atom. The van der Waals surface area contributed by atoms with Gasteiger partial charge in [0.15, 0.2) is 5.78 Å². The van der Waals surface area contributed by atoms with Gasteiger partial charge in [-0.3, -0.25) is 4.79 Å². The first-order valence-electron chi connectivity index (χ1n) is 3.73. The first-order chi connectivity index (χ1) is 6.41. The molecular weight excluding hydrogens is 217 g/mol. The summed E-state index contributed by atoms with van der Waals surface area (Å²) < 4.78 is 35.4. The van der Waals surface area contributed by atoms with Crippen LogP contribution in [0.25, 0.3) is 0 Å². The number of rotatable bonds is 2. The van der Waals surface area contributed by atoms with Gasteiger partial charge in [-0.25, -0.2) is 0 Å². The quantitative estimate of drug-likeness (QED) is 0.578. The second-order valence-corrected chi connectivity index (χ2v) is 3.78. The molecule has 78 valence electrons. The van der Waals surface area contributed by atoms with Crippen molar-refractivity contribution in [2.24, 2.45) is 0 Å². The highest BCUT2D eigenvalue weighted by molar-refractivity contribution is 8.03. The number of hydrogen-bond donors (Lipinski definition) is 1. The van der Waals surface area contributed by atoms with E-state index in [1.165, 1.54) is 0 Å². The maximum atomic E-state index is 11.8. The van der Waals surface area contributed by atoms with E-state index in [9.17, 15) is 18.0 Å². The number of aliphatic hydroxyl groups is 1. The fourth-order valence-electron chi connectivity index (χ4n) is 0.878. The third-order valence-electron chi connectivity index (χ3n) is 1.58. The molecule has 0 bridgehead atoms. The second kappa shape index (κ2) is 4.08. The fourth-order valence-corrected chi connectivity index (χ4v) is 1.71. The van der Waals surface area contributed by atoms with Crippen molar-refractivity contribution in [1.82, 2.24) is 0 Å². The van der Waals surface area contributed by atoms with Gasteiger partial charge in [0, 0.05) is 6.08 Å². The molecule has 1 aliphatic rings. The van der Waals surface area contributed by atoms with E-state index < -0.39 is 23.0 Å². The lowest BCUT2D eigenvalue weighted by Gasteiger charge is -2.06. The number of thioether (sulfide) groups is 1. The highest BCUT2D eigenvalue weighted by atomic mass is 32.2. The average molecular weight is 224 g/mol. The Hall–Kier alpha value is -0.910. The van der Waals surface area contributed by atoms with Crippen LogP contribution in [0.15, 0.2) is 23.3 Å². The summed E-state index contributed by atoms with van der Waals surface area (Å²) in [6.45, 7) is 0. The highest BCUT2D eigenvalue weighted by Crippen LogP contribution is 2.27. The topological polar surface area (TPSA) is 37.3 Å². The van der Waals surface area contributed by atoms with Crippen LogP contribution >= 0.6 is 11.8 Å². The molecule has 0 aromatic rings. The van der Waals surface area contributed by atoms with Crippen molar-refractivity contribution in [2.45, 2.75) is 17.8 Å². The van der Waals surface area contributed by atoms with Gasteiger partial charge < -0.3 is 5.11 Å². The Morgan fingerprint density at radius 2 is 2.21 bits per heavy atom. The molecule has 2 nitrogen and oxygen atoms in total. The number of halogens is 3. The molecule has 1 aliphatic heterocycles. The molecule has 1 atom stereocenters. The second-order valence-electron chi connectivity index (χ2n) is 2.66. The van der Waals surface area contributed by atoms with Gasteiger partial charge in [-0.1, -0.05) is 6.08 Å². The number of ketones is 1. The van der Waals surface area contributed by atoms with Crippen LogP contribution in [0, 0.1) is 0 Å². The van der Waals surface area contributed by atoms with E-state index in [0.717, 1.165) is 11.8 Å². The van der Waals surface area contributed by atoms with Crippen molar-refractivity contribution >= 4 is 17.5 Å². The fraction of sp³-hybridized carbons (Fsp3) is 0.375. The third-order valence-corrected chi connectivity index (χ3v) is 2.68. The van der Waals surface area contributed by atoms with Gasteiger partial charge in [0.2, 0.25) is 5.76 Å². The summed E-state index contributed by atoms with van der Waals surface area (Å²) in [6.07, 6.45) is -2.49. The Labute approximate surface area is 82.5 Å². The molecule has 0 amide bonds. The molecule has 1 rings (SSSR count). The van der Waals surface area contributed by atoms with Crippen LogP contribution in [0.1, 0.15) is 6.42 Å². The van der Waals surface area contributed by atoms with Crippen molar-refractivity contribution < 1.29 is 23.1 Å². The lowest BCUT2D eigenvalue weighted by atomic mass is 10.2. The zero-order chi connectivity index (χ0) is 10.8. The molecule has 0 fully saturated rings. The van der Waals surface area contributed by atoms with Gasteiger partial charge in [0.25, 0.3) is 0 Å². The van der Waals surface area contributed by atoms with Crippen molar-refractivity contribution in [1.29, 1.82) is 0 Å². The van der Waals surface area contributed by atoms with E-state index >= 15 is 0 Å². The summed E-state index contributed by atoms with van der Waals surface area (Å²) in [7, 11) is 0. The number of hydrogen-bond acceptors (Lipinski definition) is 3. The SMILES string of the molecule is O=C(/C=C(\O)C(F)(F)F)C1CC=CS1. The standard InChI is InChI=1S/C8H7F3O2S/c9-8(10,11)7(13)4-5(12)6-2-1-3-14-6/h1,3-4,6,13H,2H2/b7-4-. The van der Waals surface area contributed by atoms with E-state index in [4.69, 9.17) is 5.11 Å². The highest BCUT2D eigenvalue weighted by Gasteiger charge is 2.35. The average Bonchev–Trinajstić information content (AvgIpc) is 2.53. The maximum Gasteiger partial charge on any atom is 0.448 e. The van der Waals surface area contributed by atoms with E-state index in [1.54, 1.807) is 11.5 Å². The van der Waals surface area contributed by atoms with Gasteiger partial charge in [-0.2, -0.15) is 13.2 Å². The van der Waals surface area contributed by atoms with Crippen LogP contribution in [0.2, 0.25) is 0 Å². The minimum Gasteiger partial charge on any atom is -0.504 e. The van der Waals surface area contributed by atoms with Gasteiger partial charge >= 0.3 is 6.18 Å². The first-order valence-corrected chi connectivity index (χ1v) is 4.67. The largest absolute Gasteiger partial charge is 0.504 e. The Bertz CT molecular complexity index is 285. The van der Waals surface area contributed by atoms with Crippen LogP contribution in [-0.2, 0) is 4.79 Å². The first kappa shape index (κ1) is 11.2. The summed E-state index contributed by atoms with van der Waals surface area (Å²) in [4.78, 5) is 11.1. The monoisotopic (exact) mass is 224 g/mol. The molecule has 14 heavy (non-hydrogen) atoms. The molecule has 0 aliphatic carbocycles. The zero-order valence-electron chi connectivity index (χ0n) is 6.91. The van der Waals surface area contributed by atoms with Crippen molar-refractivity contribution in [2.75, 3.05) is 0 Å². The normalized spacial score (nSPS) is 22.8. The van der Waals surface area contributed by atoms with Crippen LogP contribution < -0.4 is 0 Å². The molecule has 0 spiro atoms. The van der Waals surface area contributed by atoms with Gasteiger partial charge in [-0.05, 0) is 11.8 Å². The lowest BCUT2D eigenvalue weighted by molar-refractivity contribution is -0.125. The number of alkyl halides is 3. The van der Waals surface area contributed by atoms with Gasteiger partial charge in [-0.15, -0.1) is 11.8 Å². The minimum atomic E-state index is -4.84. The Balaban J connectivity index is 2.63. The molecule has 0 radical (unpaired) electrons. The molecule has 0 saturated heterocycles. The van der Waals surface area contributed by atoms with E-state index in [2.05, 4.69) is 0 Å². The van der Waals surface area contributed by atoms with Crippen LogP contribution in [0.5, 0.6) is 0 Å². The van der Waals surface area contributed by atoms with E-state index in [1.807, 2.05) is 0 Å². The Morgan fingerprint density at radius 1 is 1.57 bits per heavy atom. The van der Waals surface area contributed by atoms with Gasteiger partial charge in [0.05, 0.1) is 5.25 Å². The van der Waals surface area contributed by atoms with E-state index in [-0.39, 0.29) is 6.08 Å². The zero-order valence-corrected chi connectivity index (χ0v) is 7.73. The summed E-state index contributed by atoms with van der Waals surface area (Å²) in [6, 6.07) is 0. The molecule has 6 heteroatoms. The maximum absolute atomic E-state index is 11.8. The number of aliphatic hydroxyl groups excluding tert-OH is 1. The summed E-state index contributed by atoms with van der Waals surface area (Å²) in [5.74, 6) is -2.55. The number of allylic oxidation sites excluding steroid dienone is 3. The molecule has 0 aromatic carbocycles. The summed E-state index contributed by atoms with van der Waals surface area (Å²) >= 11 is 1.15. The molecule has 1 N–H and O–H groups in total. The summed E-state index contributed by atoms with van der Waals surface area (Å²) in [5.41, 5.74) is 0. The molecule has 1 unspecified atom stereocenters. The predicted octanol–water partition coefficient (Wildman–Crippen LogP) is 2.58. The minimum absolute atomic E-state index is 0.241. The number of carbonyl (C=O) groups excluding carboxylic acids is 1. The lowest BCUT2D eigenvalue weighted by Crippen LogP contribution is -2.17. The predicted molar refractivity (Wildman–Crippen MR) is 46.9 cm³/mol. The van der Waals surface area contributed by atoms with Crippen molar-refractivity contribution in [3.05, 3.63) is 23.3 Å². The van der Waals surface area contributed by atoms with Crippen molar-refractivity contribution in [3.8, 4) is 0 Å². The molecule has 0 saturated carbocycles. The summed E-state index contributed by atoms with van der Waals surface area (Å²) in [5, 5.41) is 9.63. The molecular formula is C8H7F3O2S. The molecule has 0 aromatic heterocycles. The van der Waals surface area contributed by atoms with Crippen LogP contribution in [0.4, 0.5) is 13.2 Å².